The molecule has 0 unspecified atom stereocenters. The summed E-state index contributed by atoms with van der Waals surface area (Å²) < 4.78 is 15.3. The standard InChI is InChI=1S/C29H33I2N2O3.ClH/c1-6-35-27(34)8-7-17-36-29-25(30)18-22(19-26(29)31)28(20-9-13-23(14-10-20)32(2)3)21-11-15-24(16-12-21)33(4)5;/h9-16,18-19H,6-8,17H2,1-5H3;1H/q+1;/p-1. The van der Waals surface area contributed by atoms with E-state index in [1.165, 1.54) is 5.57 Å². The van der Waals surface area contributed by atoms with Gasteiger partial charge in [0.15, 0.2) is 5.71 Å². The average molecular weight is 747 g/mol. The van der Waals surface area contributed by atoms with Crippen LogP contribution in [0.4, 0.5) is 5.69 Å². The number of hydrogen-bond donors (Lipinski definition) is 0. The van der Waals surface area contributed by atoms with Gasteiger partial charge in [-0.3, -0.25) is 4.79 Å². The van der Waals surface area contributed by atoms with E-state index in [0.29, 0.717) is 26.1 Å². The molecule has 37 heavy (non-hydrogen) atoms. The number of esters is 1. The van der Waals surface area contributed by atoms with Crippen LogP contribution >= 0.6 is 45.2 Å². The molecule has 0 heterocycles. The Balaban J connectivity index is 0.00000481. The van der Waals surface area contributed by atoms with Gasteiger partial charge in [0, 0.05) is 38.4 Å². The van der Waals surface area contributed by atoms with Gasteiger partial charge in [-0.2, -0.15) is 0 Å². The van der Waals surface area contributed by atoms with Crippen molar-refractivity contribution in [3.63, 3.8) is 0 Å². The highest BCUT2D eigenvalue weighted by molar-refractivity contribution is 14.1. The van der Waals surface area contributed by atoms with Crippen molar-refractivity contribution in [1.82, 2.24) is 0 Å². The monoisotopic (exact) mass is 746 g/mol. The number of benzene rings is 2. The summed E-state index contributed by atoms with van der Waals surface area (Å²) >= 11 is 4.68. The predicted octanol–water partition coefficient (Wildman–Crippen LogP) is 3.33. The minimum atomic E-state index is -0.180. The first-order valence-electron chi connectivity index (χ1n) is 11.9. The third-order valence-corrected chi connectivity index (χ3v) is 7.31. The molecule has 0 radical (unpaired) electrons. The largest absolute Gasteiger partial charge is 1.00 e. The second-order valence-corrected chi connectivity index (χ2v) is 11.1. The summed E-state index contributed by atoms with van der Waals surface area (Å²) in [5, 5.41) is 0. The van der Waals surface area contributed by atoms with E-state index in [2.05, 4.69) is 144 Å². The molecule has 8 heteroatoms. The van der Waals surface area contributed by atoms with Crippen LogP contribution in [-0.4, -0.2) is 57.7 Å². The Labute approximate surface area is 254 Å². The number of carbonyl (C=O) groups excluding carboxylic acids is 1. The van der Waals surface area contributed by atoms with E-state index in [-0.39, 0.29) is 18.4 Å². The molecular weight excluding hydrogens is 714 g/mol. The number of anilines is 1. The molecule has 0 spiro atoms. The third-order valence-electron chi connectivity index (χ3n) is 5.71. The summed E-state index contributed by atoms with van der Waals surface area (Å²) in [5.74, 6) is 0.676. The number of hydrogen-bond acceptors (Lipinski definition) is 4. The lowest BCUT2D eigenvalue weighted by Crippen LogP contribution is -3.00. The molecule has 2 aromatic carbocycles. The summed E-state index contributed by atoms with van der Waals surface area (Å²) in [6, 6.07) is 13.0. The molecule has 0 fully saturated rings. The van der Waals surface area contributed by atoms with Gasteiger partial charge in [-0.1, -0.05) is 12.1 Å². The molecule has 0 bridgehead atoms. The Morgan fingerprint density at radius 1 is 0.946 bits per heavy atom. The summed E-state index contributed by atoms with van der Waals surface area (Å²) in [6.45, 7) is 2.70. The Morgan fingerprint density at radius 3 is 2.05 bits per heavy atom. The second kappa shape index (κ2) is 14.9. The third kappa shape index (κ3) is 8.58. The highest BCUT2D eigenvalue weighted by atomic mass is 127. The Morgan fingerprint density at radius 2 is 1.54 bits per heavy atom. The van der Waals surface area contributed by atoms with E-state index in [1.54, 1.807) is 0 Å². The number of nitrogens with zero attached hydrogens (tertiary/aromatic N) is 2. The molecule has 3 rings (SSSR count). The molecular formula is C29H33ClI2N2O3. The molecule has 198 valence electrons. The number of rotatable bonds is 9. The van der Waals surface area contributed by atoms with Gasteiger partial charge in [0.1, 0.15) is 19.8 Å². The van der Waals surface area contributed by atoms with Gasteiger partial charge >= 0.3 is 5.97 Å². The molecule has 0 aromatic heterocycles. The van der Waals surface area contributed by atoms with E-state index in [0.717, 1.165) is 41.0 Å². The van der Waals surface area contributed by atoms with Crippen molar-refractivity contribution in [1.29, 1.82) is 0 Å². The van der Waals surface area contributed by atoms with Gasteiger partial charge in [-0.25, -0.2) is 4.58 Å². The molecule has 0 aliphatic heterocycles. The van der Waals surface area contributed by atoms with Crippen molar-refractivity contribution in [3.8, 4) is 5.75 Å². The van der Waals surface area contributed by atoms with Crippen molar-refractivity contribution < 1.29 is 31.3 Å². The van der Waals surface area contributed by atoms with Gasteiger partial charge in [-0.15, -0.1) is 0 Å². The predicted molar refractivity (Wildman–Crippen MR) is 165 cm³/mol. The quantitative estimate of drug-likeness (QED) is 0.171. The van der Waals surface area contributed by atoms with E-state index >= 15 is 0 Å². The topological polar surface area (TPSA) is 41.8 Å². The van der Waals surface area contributed by atoms with Crippen LogP contribution in [0.15, 0.2) is 66.3 Å². The van der Waals surface area contributed by atoms with Crippen molar-refractivity contribution in [2.75, 3.05) is 46.3 Å². The van der Waals surface area contributed by atoms with E-state index in [4.69, 9.17) is 9.47 Å². The fourth-order valence-electron chi connectivity index (χ4n) is 3.82. The molecule has 0 saturated carbocycles. The van der Waals surface area contributed by atoms with Gasteiger partial charge in [0.2, 0.25) is 0 Å². The van der Waals surface area contributed by atoms with Crippen molar-refractivity contribution in [3.05, 3.63) is 84.5 Å². The van der Waals surface area contributed by atoms with Gasteiger partial charge in [-0.05, 0) is 117 Å². The van der Waals surface area contributed by atoms with Crippen LogP contribution in [0.5, 0.6) is 5.75 Å². The van der Waals surface area contributed by atoms with Crippen molar-refractivity contribution in [2.45, 2.75) is 19.8 Å². The molecule has 1 aliphatic rings. The van der Waals surface area contributed by atoms with Crippen LogP contribution in [0.2, 0.25) is 0 Å². The first kappa shape index (κ1) is 31.4. The number of ether oxygens (including phenoxy) is 2. The molecule has 0 N–H and O–H groups in total. The smallest absolute Gasteiger partial charge is 0.305 e. The van der Waals surface area contributed by atoms with E-state index in [9.17, 15) is 4.79 Å². The number of allylic oxidation sites excluding steroid dienone is 5. The maximum Gasteiger partial charge on any atom is 0.305 e. The van der Waals surface area contributed by atoms with Crippen LogP contribution in [0.3, 0.4) is 0 Å². The SMILES string of the molecule is CCOC(=O)CCCOc1c(I)cc(C(=C2C=CC(=[N+](C)C)C=C2)c2ccc(N(C)C)cc2)cc1I.[Cl-]. The Hall–Kier alpha value is -1.85. The number of halogens is 3. The lowest BCUT2D eigenvalue weighted by Gasteiger charge is -2.18. The summed E-state index contributed by atoms with van der Waals surface area (Å²) in [4.78, 5) is 13.7. The van der Waals surface area contributed by atoms with Crippen LogP contribution in [0.25, 0.3) is 5.57 Å². The van der Waals surface area contributed by atoms with Crippen molar-refractivity contribution in [2.24, 2.45) is 0 Å². The van der Waals surface area contributed by atoms with Gasteiger partial charge in [0.05, 0.1) is 20.4 Å². The van der Waals surface area contributed by atoms with Gasteiger partial charge in [0.25, 0.3) is 0 Å². The minimum Gasteiger partial charge on any atom is -1.00 e. The zero-order valence-corrected chi connectivity index (χ0v) is 26.9. The zero-order valence-electron chi connectivity index (χ0n) is 21.9. The maximum absolute atomic E-state index is 11.6. The lowest BCUT2D eigenvalue weighted by molar-refractivity contribution is -0.462. The molecule has 5 nitrogen and oxygen atoms in total. The van der Waals surface area contributed by atoms with Crippen LogP contribution in [-0.2, 0) is 9.53 Å². The average Bonchev–Trinajstić information content (AvgIpc) is 2.84. The van der Waals surface area contributed by atoms with Crippen LogP contribution in [0, 0.1) is 7.14 Å². The van der Waals surface area contributed by atoms with Crippen LogP contribution in [0.1, 0.15) is 30.9 Å². The van der Waals surface area contributed by atoms with Gasteiger partial charge < -0.3 is 26.8 Å². The fraction of sp³-hybridized carbons (Fsp3) is 0.310. The fourth-order valence-corrected chi connectivity index (χ4v) is 5.90. The molecule has 0 amide bonds. The minimum absolute atomic E-state index is 0. The summed E-state index contributed by atoms with van der Waals surface area (Å²) in [6.07, 6.45) is 9.67. The molecule has 0 atom stereocenters. The Bertz CT molecular complexity index is 1190. The second-order valence-electron chi connectivity index (χ2n) is 8.78. The van der Waals surface area contributed by atoms with Crippen molar-refractivity contribution >= 4 is 68.1 Å². The summed E-state index contributed by atoms with van der Waals surface area (Å²) in [7, 11) is 8.21. The highest BCUT2D eigenvalue weighted by Gasteiger charge is 2.17. The Kier molecular flexibility index (Phi) is 12.7. The first-order chi connectivity index (χ1) is 17.2. The van der Waals surface area contributed by atoms with E-state index in [1.807, 2.05) is 6.92 Å². The maximum atomic E-state index is 11.6. The normalized spacial score (nSPS) is 12.2. The number of carbonyl (C=O) groups is 1. The first-order valence-corrected chi connectivity index (χ1v) is 14.1. The molecule has 1 aliphatic carbocycles. The lowest BCUT2D eigenvalue weighted by atomic mass is 9.90. The summed E-state index contributed by atoms with van der Waals surface area (Å²) in [5.41, 5.74) is 6.96. The molecule has 2 aromatic rings. The highest BCUT2D eigenvalue weighted by Crippen LogP contribution is 2.36. The zero-order chi connectivity index (χ0) is 26.2. The van der Waals surface area contributed by atoms with E-state index < -0.39 is 0 Å². The molecule has 0 saturated heterocycles. The van der Waals surface area contributed by atoms with Crippen LogP contribution < -0.4 is 22.0 Å².